The van der Waals surface area contributed by atoms with Crippen molar-refractivity contribution in [1.82, 2.24) is 4.90 Å². The average Bonchev–Trinajstić information content (AvgIpc) is 2.49. The number of hydrogen-bond acceptors (Lipinski definition) is 2. The lowest BCUT2D eigenvalue weighted by atomic mass is 10.1. The van der Waals surface area contributed by atoms with Crippen LogP contribution in [-0.2, 0) is 6.54 Å². The molecule has 0 aliphatic rings. The SMILES string of the molecule is COc1ccc(C(=O)N(C)Cc2ccccc2C)cc1. The minimum atomic E-state index is 0.0101. The third-order valence-electron chi connectivity index (χ3n) is 3.35. The standard InChI is InChI=1S/C17H19NO2/c1-13-6-4-5-7-15(13)12-18(2)17(19)14-8-10-16(20-3)11-9-14/h4-11H,12H2,1-3H3. The molecule has 1 amide bonds. The van der Waals surface area contributed by atoms with Crippen molar-refractivity contribution in [3.63, 3.8) is 0 Å². The van der Waals surface area contributed by atoms with Crippen LogP contribution in [0.15, 0.2) is 48.5 Å². The van der Waals surface area contributed by atoms with E-state index in [4.69, 9.17) is 4.74 Å². The number of aryl methyl sites for hydroxylation is 1. The third kappa shape index (κ3) is 3.18. The molecule has 0 N–H and O–H groups in total. The normalized spacial score (nSPS) is 10.2. The summed E-state index contributed by atoms with van der Waals surface area (Å²) in [6.45, 7) is 2.67. The van der Waals surface area contributed by atoms with Crippen molar-refractivity contribution in [3.05, 3.63) is 65.2 Å². The summed E-state index contributed by atoms with van der Waals surface area (Å²) in [6, 6.07) is 15.3. The van der Waals surface area contributed by atoms with E-state index in [1.807, 2.05) is 25.2 Å². The van der Waals surface area contributed by atoms with Crippen LogP contribution >= 0.6 is 0 Å². The molecular weight excluding hydrogens is 250 g/mol. The van der Waals surface area contributed by atoms with E-state index in [1.54, 1.807) is 36.3 Å². The maximum Gasteiger partial charge on any atom is 0.253 e. The Hall–Kier alpha value is -2.29. The molecule has 20 heavy (non-hydrogen) atoms. The van der Waals surface area contributed by atoms with E-state index in [1.165, 1.54) is 5.56 Å². The Morgan fingerprint density at radius 2 is 1.75 bits per heavy atom. The lowest BCUT2D eigenvalue weighted by Gasteiger charge is -2.18. The monoisotopic (exact) mass is 269 g/mol. The highest BCUT2D eigenvalue weighted by molar-refractivity contribution is 5.94. The topological polar surface area (TPSA) is 29.5 Å². The van der Waals surface area contributed by atoms with E-state index in [0.29, 0.717) is 12.1 Å². The van der Waals surface area contributed by atoms with Crippen LogP contribution in [0.2, 0.25) is 0 Å². The number of amides is 1. The van der Waals surface area contributed by atoms with Gasteiger partial charge in [0.15, 0.2) is 0 Å². The van der Waals surface area contributed by atoms with Crippen LogP contribution in [-0.4, -0.2) is 25.0 Å². The summed E-state index contributed by atoms with van der Waals surface area (Å²) in [4.78, 5) is 14.1. The number of benzene rings is 2. The van der Waals surface area contributed by atoms with Crippen molar-refractivity contribution in [1.29, 1.82) is 0 Å². The van der Waals surface area contributed by atoms with E-state index in [-0.39, 0.29) is 5.91 Å². The van der Waals surface area contributed by atoms with Crippen LogP contribution in [0.5, 0.6) is 5.75 Å². The number of carbonyl (C=O) groups excluding carboxylic acids is 1. The highest BCUT2D eigenvalue weighted by Crippen LogP contribution is 2.15. The van der Waals surface area contributed by atoms with Gasteiger partial charge in [0.25, 0.3) is 5.91 Å². The van der Waals surface area contributed by atoms with Gasteiger partial charge in [-0.15, -0.1) is 0 Å². The quantitative estimate of drug-likeness (QED) is 0.852. The van der Waals surface area contributed by atoms with Crippen molar-refractivity contribution in [2.75, 3.05) is 14.2 Å². The smallest absolute Gasteiger partial charge is 0.253 e. The Morgan fingerprint density at radius 3 is 2.35 bits per heavy atom. The van der Waals surface area contributed by atoms with Crippen LogP contribution in [0.4, 0.5) is 0 Å². The molecule has 0 aliphatic carbocycles. The second-order valence-corrected chi connectivity index (χ2v) is 4.82. The van der Waals surface area contributed by atoms with Gasteiger partial charge in [0.2, 0.25) is 0 Å². The van der Waals surface area contributed by atoms with E-state index >= 15 is 0 Å². The minimum absolute atomic E-state index is 0.0101. The fourth-order valence-electron chi connectivity index (χ4n) is 2.07. The Balaban J connectivity index is 2.10. The zero-order valence-electron chi connectivity index (χ0n) is 12.1. The molecule has 2 rings (SSSR count). The molecule has 0 saturated heterocycles. The van der Waals surface area contributed by atoms with Crippen molar-refractivity contribution in [3.8, 4) is 5.75 Å². The largest absolute Gasteiger partial charge is 0.497 e. The van der Waals surface area contributed by atoms with Gasteiger partial charge in [0, 0.05) is 19.2 Å². The first-order valence-corrected chi connectivity index (χ1v) is 6.56. The molecule has 0 heterocycles. The van der Waals surface area contributed by atoms with Gasteiger partial charge in [0.05, 0.1) is 7.11 Å². The molecular formula is C17H19NO2. The molecule has 0 spiro atoms. The van der Waals surface area contributed by atoms with E-state index in [9.17, 15) is 4.79 Å². The molecule has 0 saturated carbocycles. The molecule has 0 aliphatic heterocycles. The molecule has 2 aromatic rings. The van der Waals surface area contributed by atoms with Crippen molar-refractivity contribution < 1.29 is 9.53 Å². The van der Waals surface area contributed by atoms with Crippen LogP contribution in [0.25, 0.3) is 0 Å². The summed E-state index contributed by atoms with van der Waals surface area (Å²) >= 11 is 0. The number of nitrogens with zero attached hydrogens (tertiary/aromatic N) is 1. The second-order valence-electron chi connectivity index (χ2n) is 4.82. The molecule has 0 radical (unpaired) electrons. The fraction of sp³-hybridized carbons (Fsp3) is 0.235. The first kappa shape index (κ1) is 14.1. The lowest BCUT2D eigenvalue weighted by Crippen LogP contribution is -2.26. The molecule has 3 heteroatoms. The molecule has 2 aromatic carbocycles. The number of carbonyl (C=O) groups is 1. The van der Waals surface area contributed by atoms with E-state index < -0.39 is 0 Å². The first-order chi connectivity index (χ1) is 9.61. The maximum absolute atomic E-state index is 12.3. The van der Waals surface area contributed by atoms with Crippen LogP contribution < -0.4 is 4.74 Å². The predicted octanol–water partition coefficient (Wildman–Crippen LogP) is 3.28. The molecule has 104 valence electrons. The van der Waals surface area contributed by atoms with Gasteiger partial charge in [-0.25, -0.2) is 0 Å². The fourth-order valence-corrected chi connectivity index (χ4v) is 2.07. The Kier molecular flexibility index (Phi) is 4.41. The summed E-state index contributed by atoms with van der Waals surface area (Å²) in [7, 11) is 3.43. The molecule has 0 atom stereocenters. The van der Waals surface area contributed by atoms with Gasteiger partial charge in [-0.1, -0.05) is 24.3 Å². The lowest BCUT2D eigenvalue weighted by molar-refractivity contribution is 0.0785. The van der Waals surface area contributed by atoms with Gasteiger partial charge in [-0.05, 0) is 42.3 Å². The number of hydrogen-bond donors (Lipinski definition) is 0. The minimum Gasteiger partial charge on any atom is -0.497 e. The predicted molar refractivity (Wildman–Crippen MR) is 80.0 cm³/mol. The second kappa shape index (κ2) is 6.24. The average molecular weight is 269 g/mol. The summed E-state index contributed by atoms with van der Waals surface area (Å²) in [5.74, 6) is 0.763. The molecule has 0 bridgehead atoms. The summed E-state index contributed by atoms with van der Waals surface area (Å²) in [5.41, 5.74) is 3.03. The Morgan fingerprint density at radius 1 is 1.10 bits per heavy atom. The van der Waals surface area contributed by atoms with E-state index in [0.717, 1.165) is 11.3 Å². The first-order valence-electron chi connectivity index (χ1n) is 6.56. The highest BCUT2D eigenvalue weighted by Gasteiger charge is 2.12. The van der Waals surface area contributed by atoms with Gasteiger partial charge in [-0.2, -0.15) is 0 Å². The Bertz CT molecular complexity index is 590. The molecule has 0 unspecified atom stereocenters. The highest BCUT2D eigenvalue weighted by atomic mass is 16.5. The van der Waals surface area contributed by atoms with Crippen LogP contribution in [0.3, 0.4) is 0 Å². The molecule has 3 nitrogen and oxygen atoms in total. The molecule has 0 aromatic heterocycles. The number of methoxy groups -OCH3 is 1. The van der Waals surface area contributed by atoms with E-state index in [2.05, 4.69) is 13.0 Å². The maximum atomic E-state index is 12.3. The summed E-state index contributed by atoms with van der Waals surface area (Å²) in [6.07, 6.45) is 0. The van der Waals surface area contributed by atoms with Gasteiger partial charge >= 0.3 is 0 Å². The third-order valence-corrected chi connectivity index (χ3v) is 3.35. The zero-order valence-corrected chi connectivity index (χ0v) is 12.1. The van der Waals surface area contributed by atoms with Crippen LogP contribution in [0.1, 0.15) is 21.5 Å². The van der Waals surface area contributed by atoms with Gasteiger partial charge in [0.1, 0.15) is 5.75 Å². The van der Waals surface area contributed by atoms with Crippen molar-refractivity contribution in [2.45, 2.75) is 13.5 Å². The van der Waals surface area contributed by atoms with Gasteiger partial charge < -0.3 is 9.64 Å². The zero-order chi connectivity index (χ0) is 14.5. The van der Waals surface area contributed by atoms with Crippen molar-refractivity contribution >= 4 is 5.91 Å². The van der Waals surface area contributed by atoms with Crippen molar-refractivity contribution in [2.24, 2.45) is 0 Å². The van der Waals surface area contributed by atoms with Crippen LogP contribution in [0, 0.1) is 6.92 Å². The summed E-state index contributed by atoms with van der Waals surface area (Å²) in [5, 5.41) is 0. The van der Waals surface area contributed by atoms with Gasteiger partial charge in [-0.3, -0.25) is 4.79 Å². The molecule has 0 fully saturated rings. The Labute approximate surface area is 119 Å². The number of rotatable bonds is 4. The summed E-state index contributed by atoms with van der Waals surface area (Å²) < 4.78 is 5.10. The number of ether oxygens (including phenoxy) is 1.